The first-order chi connectivity index (χ1) is 13.0. The third-order valence-corrected chi connectivity index (χ3v) is 6.05. The lowest BCUT2D eigenvalue weighted by molar-refractivity contribution is -0.113. The molecule has 6 nitrogen and oxygen atoms in total. The van der Waals surface area contributed by atoms with Gasteiger partial charge in [0.1, 0.15) is 11.6 Å². The molecule has 1 aliphatic heterocycles. The van der Waals surface area contributed by atoms with E-state index in [1.54, 1.807) is 11.8 Å². The van der Waals surface area contributed by atoms with Gasteiger partial charge in [-0.25, -0.2) is 0 Å². The summed E-state index contributed by atoms with van der Waals surface area (Å²) in [5, 5.41) is 7.55. The number of aromatic nitrogens is 2. The van der Waals surface area contributed by atoms with Crippen LogP contribution in [0, 0.1) is 0 Å². The maximum atomic E-state index is 12.8. The van der Waals surface area contributed by atoms with Gasteiger partial charge in [-0.05, 0) is 30.9 Å². The number of anilines is 1. The molecule has 2 heterocycles. The van der Waals surface area contributed by atoms with Crippen LogP contribution in [0.25, 0.3) is 10.8 Å². The molecule has 2 N–H and O–H groups in total. The second kappa shape index (κ2) is 6.81. The molecular weight excluding hydrogens is 362 g/mol. The van der Waals surface area contributed by atoms with Crippen molar-refractivity contribution in [2.45, 2.75) is 25.1 Å². The van der Waals surface area contributed by atoms with E-state index in [1.807, 2.05) is 50.2 Å². The van der Waals surface area contributed by atoms with Gasteiger partial charge in [0, 0.05) is 11.4 Å². The first kappa shape index (κ1) is 17.7. The van der Waals surface area contributed by atoms with Crippen molar-refractivity contribution < 1.29 is 9.53 Å². The molecule has 0 saturated heterocycles. The maximum Gasteiger partial charge on any atom is 0.270 e. The van der Waals surface area contributed by atoms with Gasteiger partial charge in [-0.1, -0.05) is 30.3 Å². The van der Waals surface area contributed by atoms with Crippen LogP contribution in [0.4, 0.5) is 5.82 Å². The zero-order valence-electron chi connectivity index (χ0n) is 15.4. The Morgan fingerprint density at radius 1 is 1.15 bits per heavy atom. The van der Waals surface area contributed by atoms with Crippen molar-refractivity contribution in [2.24, 2.45) is 0 Å². The fourth-order valence-corrected chi connectivity index (χ4v) is 4.74. The van der Waals surface area contributed by atoms with Crippen LogP contribution in [-0.4, -0.2) is 28.6 Å². The Morgan fingerprint density at radius 2 is 1.89 bits per heavy atom. The Labute approximate surface area is 160 Å². The fraction of sp³-hybridized carbons (Fsp3) is 0.300. The molecule has 4 rings (SSSR count). The Kier molecular flexibility index (Phi) is 4.47. The van der Waals surface area contributed by atoms with E-state index in [1.165, 1.54) is 11.8 Å². The van der Waals surface area contributed by atoms with Gasteiger partial charge < -0.3 is 10.1 Å². The fourth-order valence-electron chi connectivity index (χ4n) is 3.58. The summed E-state index contributed by atoms with van der Waals surface area (Å²) >= 11 is 1.47. The highest BCUT2D eigenvalue weighted by Crippen LogP contribution is 2.44. The second-order valence-corrected chi connectivity index (χ2v) is 7.90. The minimum absolute atomic E-state index is 0.0260. The Bertz CT molecular complexity index is 1080. The molecule has 0 spiro atoms. The molecule has 7 heteroatoms. The van der Waals surface area contributed by atoms with E-state index in [-0.39, 0.29) is 28.5 Å². The summed E-state index contributed by atoms with van der Waals surface area (Å²) in [5.74, 6) is 1.54. The van der Waals surface area contributed by atoms with Gasteiger partial charge in [0.25, 0.3) is 5.56 Å². The van der Waals surface area contributed by atoms with Crippen molar-refractivity contribution in [3.05, 3.63) is 57.9 Å². The van der Waals surface area contributed by atoms with Crippen molar-refractivity contribution >= 4 is 34.3 Å². The number of aromatic amines is 1. The van der Waals surface area contributed by atoms with Gasteiger partial charge in [-0.3, -0.25) is 19.4 Å². The predicted octanol–water partition coefficient (Wildman–Crippen LogP) is 3.69. The van der Waals surface area contributed by atoms with Crippen LogP contribution in [0.2, 0.25) is 0 Å². The van der Waals surface area contributed by atoms with Gasteiger partial charge in [0.15, 0.2) is 0 Å². The number of nitrogens with one attached hydrogen (secondary N) is 2. The third kappa shape index (κ3) is 2.92. The number of fused-ring (bicyclic) bond motifs is 2. The minimum atomic E-state index is -0.251. The number of methoxy groups -OCH3 is 1. The summed E-state index contributed by atoms with van der Waals surface area (Å²) in [4.78, 5) is 25.1. The SMILES string of the molecule is COc1ccc(C2SCC(=O)Nc3c2c(=O)[nH]n3C(C)C)c2ccccc12. The molecule has 0 aliphatic carbocycles. The molecule has 1 unspecified atom stereocenters. The molecule has 0 saturated carbocycles. The highest BCUT2D eigenvalue weighted by molar-refractivity contribution is 8.00. The molecule has 0 fully saturated rings. The number of H-pyrrole nitrogens is 1. The number of hydrogen-bond donors (Lipinski definition) is 2. The van der Waals surface area contributed by atoms with Crippen LogP contribution >= 0.6 is 11.8 Å². The third-order valence-electron chi connectivity index (χ3n) is 4.80. The van der Waals surface area contributed by atoms with Crippen molar-refractivity contribution in [1.29, 1.82) is 0 Å². The number of rotatable bonds is 3. The van der Waals surface area contributed by atoms with Crippen molar-refractivity contribution in [3.63, 3.8) is 0 Å². The number of nitrogens with zero attached hydrogens (tertiary/aromatic N) is 1. The molecule has 1 aromatic heterocycles. The Balaban J connectivity index is 1.98. The zero-order chi connectivity index (χ0) is 19.1. The smallest absolute Gasteiger partial charge is 0.270 e. The molecule has 1 aliphatic rings. The molecule has 27 heavy (non-hydrogen) atoms. The van der Waals surface area contributed by atoms with Crippen LogP contribution in [0.15, 0.2) is 41.2 Å². The van der Waals surface area contributed by atoms with Gasteiger partial charge in [-0.2, -0.15) is 0 Å². The molecule has 0 radical (unpaired) electrons. The second-order valence-electron chi connectivity index (χ2n) is 6.81. The molecule has 3 aromatic rings. The Hall–Kier alpha value is -2.67. The van der Waals surface area contributed by atoms with E-state index in [0.717, 1.165) is 22.1 Å². The average Bonchev–Trinajstić information content (AvgIpc) is 2.88. The maximum absolute atomic E-state index is 12.8. The van der Waals surface area contributed by atoms with Crippen LogP contribution in [-0.2, 0) is 4.79 Å². The summed E-state index contributed by atoms with van der Waals surface area (Å²) in [6.45, 7) is 3.94. The largest absolute Gasteiger partial charge is 0.496 e. The van der Waals surface area contributed by atoms with E-state index >= 15 is 0 Å². The highest BCUT2D eigenvalue weighted by atomic mass is 32.2. The van der Waals surface area contributed by atoms with Crippen molar-refractivity contribution in [2.75, 3.05) is 18.2 Å². The summed E-state index contributed by atoms with van der Waals surface area (Å²) in [6, 6.07) is 11.9. The number of ether oxygens (including phenoxy) is 1. The average molecular weight is 383 g/mol. The predicted molar refractivity (Wildman–Crippen MR) is 109 cm³/mol. The topological polar surface area (TPSA) is 76.1 Å². The van der Waals surface area contributed by atoms with Crippen LogP contribution < -0.4 is 15.6 Å². The van der Waals surface area contributed by atoms with E-state index in [0.29, 0.717) is 11.4 Å². The molecule has 1 amide bonds. The van der Waals surface area contributed by atoms with Crippen LogP contribution in [0.1, 0.15) is 36.3 Å². The summed E-state index contributed by atoms with van der Waals surface area (Å²) < 4.78 is 7.23. The number of thioether (sulfide) groups is 1. The number of amides is 1. The summed E-state index contributed by atoms with van der Waals surface area (Å²) in [5.41, 5.74) is 1.43. The standard InChI is InChI=1S/C20H21N3O3S/c1-11(2)23-19-17(20(25)22-23)18(27-10-16(24)21-19)14-8-9-15(26-3)13-7-5-4-6-12(13)14/h4-9,11,18H,10H2,1-3H3,(H,21,24)(H,22,25). The Morgan fingerprint density at radius 3 is 2.59 bits per heavy atom. The minimum Gasteiger partial charge on any atom is -0.496 e. The van der Waals surface area contributed by atoms with Gasteiger partial charge >= 0.3 is 0 Å². The monoisotopic (exact) mass is 383 g/mol. The first-order valence-electron chi connectivity index (χ1n) is 8.82. The molecule has 140 valence electrons. The lowest BCUT2D eigenvalue weighted by Crippen LogP contribution is -2.17. The molecular formula is C20H21N3O3S. The quantitative estimate of drug-likeness (QED) is 0.723. The molecule has 2 aromatic carbocycles. The summed E-state index contributed by atoms with van der Waals surface area (Å²) in [6.07, 6.45) is 0. The lowest BCUT2D eigenvalue weighted by Gasteiger charge is -2.18. The normalized spacial score (nSPS) is 16.9. The molecule has 1 atom stereocenters. The van der Waals surface area contributed by atoms with Gasteiger partial charge in [-0.15, -0.1) is 11.8 Å². The van der Waals surface area contributed by atoms with Crippen molar-refractivity contribution in [1.82, 2.24) is 9.78 Å². The van der Waals surface area contributed by atoms with Gasteiger partial charge in [0.2, 0.25) is 5.91 Å². The molecule has 0 bridgehead atoms. The number of benzene rings is 2. The van der Waals surface area contributed by atoms with E-state index in [2.05, 4.69) is 10.4 Å². The first-order valence-corrected chi connectivity index (χ1v) is 9.87. The van der Waals surface area contributed by atoms with Crippen LogP contribution in [0.3, 0.4) is 0 Å². The number of carbonyl (C=O) groups is 1. The number of carbonyl (C=O) groups excluding carboxylic acids is 1. The number of hydrogen-bond acceptors (Lipinski definition) is 4. The van der Waals surface area contributed by atoms with E-state index in [9.17, 15) is 9.59 Å². The van der Waals surface area contributed by atoms with Crippen LogP contribution in [0.5, 0.6) is 5.75 Å². The lowest BCUT2D eigenvalue weighted by atomic mass is 9.98. The summed E-state index contributed by atoms with van der Waals surface area (Å²) in [7, 11) is 1.65. The highest BCUT2D eigenvalue weighted by Gasteiger charge is 2.32. The van der Waals surface area contributed by atoms with Crippen molar-refractivity contribution in [3.8, 4) is 5.75 Å². The van der Waals surface area contributed by atoms with Gasteiger partial charge in [0.05, 0.1) is 23.7 Å². The zero-order valence-corrected chi connectivity index (χ0v) is 16.2. The van der Waals surface area contributed by atoms with E-state index < -0.39 is 0 Å². The van der Waals surface area contributed by atoms with E-state index in [4.69, 9.17) is 4.74 Å².